The van der Waals surface area contributed by atoms with E-state index in [1.807, 2.05) is 24.3 Å². The van der Waals surface area contributed by atoms with Gasteiger partial charge >= 0.3 is 0 Å². The van der Waals surface area contributed by atoms with Crippen LogP contribution in [0.1, 0.15) is 6.92 Å². The maximum absolute atomic E-state index is 11.5. The SMILES string of the molecule is COc1ccc(Nc2nccc3cc(OC)c(NC(C)=O)cc23)cc1Cl. The average molecular weight is 372 g/mol. The highest BCUT2D eigenvalue weighted by atomic mass is 35.5. The number of nitrogens with zero attached hydrogens (tertiary/aromatic N) is 1. The summed E-state index contributed by atoms with van der Waals surface area (Å²) < 4.78 is 10.5. The number of halogens is 1. The number of hydrogen-bond acceptors (Lipinski definition) is 5. The molecule has 0 atom stereocenters. The fraction of sp³-hybridized carbons (Fsp3) is 0.158. The number of ether oxygens (including phenoxy) is 2. The van der Waals surface area contributed by atoms with Gasteiger partial charge in [-0.1, -0.05) is 11.6 Å². The molecule has 1 heterocycles. The summed E-state index contributed by atoms with van der Waals surface area (Å²) >= 11 is 6.19. The molecule has 0 aliphatic heterocycles. The summed E-state index contributed by atoms with van der Waals surface area (Å²) in [6.45, 7) is 1.45. The number of aromatic nitrogens is 1. The number of nitrogens with one attached hydrogen (secondary N) is 2. The number of fused-ring (bicyclic) bond motifs is 1. The van der Waals surface area contributed by atoms with E-state index in [0.717, 1.165) is 16.5 Å². The van der Waals surface area contributed by atoms with E-state index in [-0.39, 0.29) is 5.91 Å². The molecule has 2 aromatic carbocycles. The lowest BCUT2D eigenvalue weighted by Crippen LogP contribution is -2.07. The van der Waals surface area contributed by atoms with Crippen LogP contribution in [0.4, 0.5) is 17.2 Å². The summed E-state index contributed by atoms with van der Waals surface area (Å²) in [6, 6.07) is 11.0. The van der Waals surface area contributed by atoms with Crippen LogP contribution in [0.3, 0.4) is 0 Å². The lowest BCUT2D eigenvalue weighted by molar-refractivity contribution is -0.114. The molecular formula is C19H18ClN3O3. The van der Waals surface area contributed by atoms with Gasteiger partial charge in [-0.25, -0.2) is 4.98 Å². The summed E-state index contributed by atoms with van der Waals surface area (Å²) in [6.07, 6.45) is 1.70. The predicted octanol–water partition coefficient (Wildman–Crippen LogP) is 4.61. The first kappa shape index (κ1) is 17.8. The zero-order valence-electron chi connectivity index (χ0n) is 14.6. The van der Waals surface area contributed by atoms with Gasteiger partial charge in [0.05, 0.1) is 24.9 Å². The molecule has 7 heteroatoms. The first-order chi connectivity index (χ1) is 12.5. The Morgan fingerprint density at radius 1 is 1.08 bits per heavy atom. The molecule has 0 aliphatic rings. The molecule has 0 aliphatic carbocycles. The summed E-state index contributed by atoms with van der Waals surface area (Å²) in [5, 5.41) is 8.29. The number of carbonyl (C=O) groups is 1. The third-order valence-corrected chi connectivity index (χ3v) is 4.11. The van der Waals surface area contributed by atoms with Gasteiger partial charge in [-0.3, -0.25) is 4.79 Å². The molecule has 0 fully saturated rings. The minimum Gasteiger partial charge on any atom is -0.495 e. The second-order valence-corrected chi connectivity index (χ2v) is 6.00. The number of hydrogen-bond donors (Lipinski definition) is 2. The van der Waals surface area contributed by atoms with Crippen molar-refractivity contribution < 1.29 is 14.3 Å². The van der Waals surface area contributed by atoms with Crippen LogP contribution in [0.25, 0.3) is 10.8 Å². The van der Waals surface area contributed by atoms with E-state index in [2.05, 4.69) is 15.6 Å². The molecule has 0 bridgehead atoms. The second kappa shape index (κ2) is 7.49. The van der Waals surface area contributed by atoms with E-state index >= 15 is 0 Å². The van der Waals surface area contributed by atoms with Crippen molar-refractivity contribution in [2.45, 2.75) is 6.92 Å². The number of rotatable bonds is 5. The molecule has 2 N–H and O–H groups in total. The molecule has 1 aromatic heterocycles. The van der Waals surface area contributed by atoms with Gasteiger partial charge in [-0.05, 0) is 41.8 Å². The highest BCUT2D eigenvalue weighted by Gasteiger charge is 2.11. The van der Waals surface area contributed by atoms with Gasteiger partial charge in [0, 0.05) is 24.2 Å². The van der Waals surface area contributed by atoms with Crippen molar-refractivity contribution in [1.29, 1.82) is 0 Å². The topological polar surface area (TPSA) is 72.5 Å². The molecule has 0 saturated carbocycles. The van der Waals surface area contributed by atoms with Crippen LogP contribution in [0.15, 0.2) is 42.6 Å². The number of amides is 1. The van der Waals surface area contributed by atoms with Crippen molar-refractivity contribution in [1.82, 2.24) is 4.98 Å². The normalized spacial score (nSPS) is 10.5. The van der Waals surface area contributed by atoms with Gasteiger partial charge in [-0.2, -0.15) is 0 Å². The van der Waals surface area contributed by atoms with Crippen LogP contribution >= 0.6 is 11.6 Å². The summed E-state index contributed by atoms with van der Waals surface area (Å²) in [5.41, 5.74) is 1.35. The van der Waals surface area contributed by atoms with E-state index in [0.29, 0.717) is 28.0 Å². The molecule has 0 unspecified atom stereocenters. The Morgan fingerprint density at radius 3 is 2.50 bits per heavy atom. The van der Waals surface area contributed by atoms with Gasteiger partial charge in [-0.15, -0.1) is 0 Å². The Labute approximate surface area is 156 Å². The van der Waals surface area contributed by atoms with E-state index in [1.54, 1.807) is 32.5 Å². The van der Waals surface area contributed by atoms with Crippen molar-refractivity contribution in [2.24, 2.45) is 0 Å². The standard InChI is InChI=1S/C19H18ClN3O3/c1-11(24)22-16-10-14-12(8-18(16)26-3)6-7-21-19(14)23-13-4-5-17(25-2)15(20)9-13/h4-10H,1-3H3,(H,21,23)(H,22,24). The van der Waals surface area contributed by atoms with Gasteiger partial charge in [0.15, 0.2) is 0 Å². The molecule has 0 saturated heterocycles. The van der Waals surface area contributed by atoms with Gasteiger partial charge in [0.2, 0.25) is 5.91 Å². The molecule has 0 spiro atoms. The number of methoxy groups -OCH3 is 2. The van der Waals surface area contributed by atoms with Crippen molar-refractivity contribution in [2.75, 3.05) is 24.9 Å². The third kappa shape index (κ3) is 3.65. The number of pyridine rings is 1. The highest BCUT2D eigenvalue weighted by Crippen LogP contribution is 2.35. The Kier molecular flexibility index (Phi) is 5.14. The van der Waals surface area contributed by atoms with Crippen molar-refractivity contribution in [3.63, 3.8) is 0 Å². The van der Waals surface area contributed by atoms with Gasteiger partial charge in [0.25, 0.3) is 0 Å². The molecule has 6 nitrogen and oxygen atoms in total. The van der Waals surface area contributed by atoms with E-state index in [9.17, 15) is 4.79 Å². The second-order valence-electron chi connectivity index (χ2n) is 5.59. The maximum atomic E-state index is 11.5. The molecule has 26 heavy (non-hydrogen) atoms. The maximum Gasteiger partial charge on any atom is 0.221 e. The Bertz CT molecular complexity index is 976. The monoisotopic (exact) mass is 371 g/mol. The fourth-order valence-corrected chi connectivity index (χ4v) is 2.89. The zero-order chi connectivity index (χ0) is 18.7. The summed E-state index contributed by atoms with van der Waals surface area (Å²) in [4.78, 5) is 15.9. The Morgan fingerprint density at radius 2 is 1.85 bits per heavy atom. The predicted molar refractivity (Wildman–Crippen MR) is 104 cm³/mol. The van der Waals surface area contributed by atoms with E-state index in [4.69, 9.17) is 21.1 Å². The third-order valence-electron chi connectivity index (χ3n) is 3.81. The summed E-state index contributed by atoms with van der Waals surface area (Å²) in [7, 11) is 3.13. The van der Waals surface area contributed by atoms with Gasteiger partial charge < -0.3 is 20.1 Å². The molecule has 1 amide bonds. The molecule has 3 rings (SSSR count). The first-order valence-corrected chi connectivity index (χ1v) is 8.24. The highest BCUT2D eigenvalue weighted by molar-refractivity contribution is 6.32. The van der Waals surface area contributed by atoms with Crippen LogP contribution in [-0.2, 0) is 4.79 Å². The zero-order valence-corrected chi connectivity index (χ0v) is 15.3. The first-order valence-electron chi connectivity index (χ1n) is 7.86. The van der Waals surface area contributed by atoms with Crippen molar-refractivity contribution >= 4 is 45.5 Å². The largest absolute Gasteiger partial charge is 0.495 e. The van der Waals surface area contributed by atoms with Crippen LogP contribution < -0.4 is 20.1 Å². The number of anilines is 3. The minimum absolute atomic E-state index is 0.178. The fourth-order valence-electron chi connectivity index (χ4n) is 2.64. The molecular weight excluding hydrogens is 354 g/mol. The molecule has 3 aromatic rings. The number of carbonyl (C=O) groups excluding carboxylic acids is 1. The quantitative estimate of drug-likeness (QED) is 0.685. The lowest BCUT2D eigenvalue weighted by Gasteiger charge is -2.14. The van der Waals surface area contributed by atoms with Crippen LogP contribution in [0.5, 0.6) is 11.5 Å². The van der Waals surface area contributed by atoms with Crippen LogP contribution in [0.2, 0.25) is 5.02 Å². The minimum atomic E-state index is -0.178. The number of benzene rings is 2. The average Bonchev–Trinajstić information content (AvgIpc) is 2.61. The Balaban J connectivity index is 2.05. The van der Waals surface area contributed by atoms with Gasteiger partial charge in [0.1, 0.15) is 17.3 Å². The van der Waals surface area contributed by atoms with Crippen LogP contribution in [-0.4, -0.2) is 25.1 Å². The summed E-state index contributed by atoms with van der Waals surface area (Å²) in [5.74, 6) is 1.64. The van der Waals surface area contributed by atoms with E-state index in [1.165, 1.54) is 6.92 Å². The molecule has 134 valence electrons. The van der Waals surface area contributed by atoms with Crippen molar-refractivity contribution in [3.8, 4) is 11.5 Å². The lowest BCUT2D eigenvalue weighted by atomic mass is 10.1. The molecule has 0 radical (unpaired) electrons. The van der Waals surface area contributed by atoms with Crippen LogP contribution in [0, 0.1) is 0 Å². The smallest absolute Gasteiger partial charge is 0.221 e. The van der Waals surface area contributed by atoms with Crippen molar-refractivity contribution in [3.05, 3.63) is 47.6 Å². The van der Waals surface area contributed by atoms with E-state index < -0.39 is 0 Å². The Hall–Kier alpha value is -2.99.